The van der Waals surface area contributed by atoms with E-state index in [4.69, 9.17) is 0 Å². The van der Waals surface area contributed by atoms with Gasteiger partial charge in [0.1, 0.15) is 5.54 Å². The van der Waals surface area contributed by atoms with E-state index < -0.39 is 5.54 Å². The Hall–Kier alpha value is -2.36. The van der Waals surface area contributed by atoms with Crippen molar-refractivity contribution < 1.29 is 4.79 Å². The van der Waals surface area contributed by atoms with E-state index in [1.54, 1.807) is 12.4 Å². The zero-order chi connectivity index (χ0) is 18.8. The summed E-state index contributed by atoms with van der Waals surface area (Å²) in [6, 6.07) is 12.5. The van der Waals surface area contributed by atoms with Gasteiger partial charge in [-0.2, -0.15) is 0 Å². The average molecular weight is 351 g/mol. The van der Waals surface area contributed by atoms with Gasteiger partial charge in [-0.25, -0.2) is 0 Å². The molecule has 1 fully saturated rings. The summed E-state index contributed by atoms with van der Waals surface area (Å²) in [5.74, 6) is 0.0895. The molecule has 0 unspecified atom stereocenters. The number of hydrogen-bond acceptors (Lipinski definition) is 3. The summed E-state index contributed by atoms with van der Waals surface area (Å²) in [5.41, 5.74) is 3.13. The van der Waals surface area contributed by atoms with Crippen LogP contribution in [-0.4, -0.2) is 23.0 Å². The van der Waals surface area contributed by atoms with E-state index in [-0.39, 0.29) is 11.3 Å². The van der Waals surface area contributed by atoms with Crippen LogP contribution in [-0.2, 0) is 16.8 Å². The number of benzene rings is 1. The normalized spacial score (nSPS) is 20.2. The van der Waals surface area contributed by atoms with Crippen molar-refractivity contribution in [2.75, 3.05) is 11.4 Å². The molecule has 1 aromatic heterocycles. The largest absolute Gasteiger partial charge is 0.357 e. The standard InChI is InChI=1S/C22H29N3O/c1-21(2,3)18-8-6-17(7-9-18)16-24-20(26)22(4)12-5-15-25(22)19-10-13-23-14-11-19/h6-11,13-14H,5,12,15-16H2,1-4H3,(H,24,26)/t22-/m0/s1. The van der Waals surface area contributed by atoms with Gasteiger partial charge >= 0.3 is 0 Å². The van der Waals surface area contributed by atoms with Crippen LogP contribution in [0.3, 0.4) is 0 Å². The first-order valence-electron chi connectivity index (χ1n) is 9.36. The van der Waals surface area contributed by atoms with Crippen LogP contribution in [0, 0.1) is 0 Å². The molecule has 2 aromatic rings. The summed E-state index contributed by atoms with van der Waals surface area (Å²) in [4.78, 5) is 19.3. The molecule has 1 saturated heterocycles. The van der Waals surface area contributed by atoms with Crippen molar-refractivity contribution in [3.05, 3.63) is 59.9 Å². The number of pyridine rings is 1. The maximum atomic E-state index is 13.0. The molecule has 1 aliphatic rings. The molecular formula is C22H29N3O. The highest BCUT2D eigenvalue weighted by Gasteiger charge is 2.43. The van der Waals surface area contributed by atoms with Crippen LogP contribution in [0.5, 0.6) is 0 Å². The Morgan fingerprint density at radius 3 is 2.42 bits per heavy atom. The first kappa shape index (κ1) is 18.4. The molecule has 1 atom stereocenters. The Balaban J connectivity index is 1.67. The zero-order valence-corrected chi connectivity index (χ0v) is 16.2. The number of rotatable bonds is 4. The van der Waals surface area contributed by atoms with Crippen molar-refractivity contribution in [2.45, 2.75) is 58.0 Å². The average Bonchev–Trinajstić information content (AvgIpc) is 3.03. The van der Waals surface area contributed by atoms with E-state index >= 15 is 0 Å². The summed E-state index contributed by atoms with van der Waals surface area (Å²) in [5, 5.41) is 3.14. The number of nitrogens with zero attached hydrogens (tertiary/aromatic N) is 2. The van der Waals surface area contributed by atoms with Crippen LogP contribution < -0.4 is 10.2 Å². The molecule has 0 bridgehead atoms. The molecule has 1 aromatic carbocycles. The Labute approximate surface area is 156 Å². The number of carbonyl (C=O) groups excluding carboxylic acids is 1. The predicted octanol–water partition coefficient (Wildman–Crippen LogP) is 4.05. The minimum atomic E-state index is -0.507. The summed E-state index contributed by atoms with van der Waals surface area (Å²) in [6.45, 7) is 10.1. The molecular weight excluding hydrogens is 322 g/mol. The maximum absolute atomic E-state index is 13.0. The Morgan fingerprint density at radius 1 is 1.15 bits per heavy atom. The lowest BCUT2D eigenvalue weighted by atomic mass is 9.87. The Bertz CT molecular complexity index is 749. The minimum Gasteiger partial charge on any atom is -0.357 e. The molecule has 1 amide bonds. The van der Waals surface area contributed by atoms with E-state index in [1.165, 1.54) is 5.56 Å². The van der Waals surface area contributed by atoms with Crippen molar-refractivity contribution >= 4 is 11.6 Å². The highest BCUT2D eigenvalue weighted by molar-refractivity contribution is 5.90. The summed E-state index contributed by atoms with van der Waals surface area (Å²) < 4.78 is 0. The highest BCUT2D eigenvalue weighted by Crippen LogP contribution is 2.34. The first-order chi connectivity index (χ1) is 12.3. The molecule has 3 rings (SSSR count). The lowest BCUT2D eigenvalue weighted by molar-refractivity contribution is -0.125. The first-order valence-corrected chi connectivity index (χ1v) is 9.36. The summed E-state index contributed by atoms with van der Waals surface area (Å²) in [6.07, 6.45) is 5.45. The van der Waals surface area contributed by atoms with Gasteiger partial charge in [-0.1, -0.05) is 45.0 Å². The highest BCUT2D eigenvalue weighted by atomic mass is 16.2. The van der Waals surface area contributed by atoms with E-state index in [1.807, 2.05) is 19.1 Å². The second kappa shape index (κ2) is 7.10. The summed E-state index contributed by atoms with van der Waals surface area (Å²) >= 11 is 0. The number of nitrogens with one attached hydrogen (secondary N) is 1. The number of hydrogen-bond donors (Lipinski definition) is 1. The fourth-order valence-electron chi connectivity index (χ4n) is 3.63. The van der Waals surface area contributed by atoms with Gasteiger partial charge in [0.15, 0.2) is 0 Å². The fourth-order valence-corrected chi connectivity index (χ4v) is 3.63. The topological polar surface area (TPSA) is 45.2 Å². The zero-order valence-electron chi connectivity index (χ0n) is 16.2. The molecule has 0 radical (unpaired) electrons. The number of amides is 1. The lowest BCUT2D eigenvalue weighted by Crippen LogP contribution is -2.53. The van der Waals surface area contributed by atoms with E-state index in [2.05, 4.69) is 60.2 Å². The molecule has 26 heavy (non-hydrogen) atoms. The molecule has 1 aliphatic heterocycles. The Kier molecular flexibility index (Phi) is 5.03. The van der Waals surface area contributed by atoms with Crippen molar-refractivity contribution in [3.63, 3.8) is 0 Å². The van der Waals surface area contributed by atoms with Gasteiger partial charge < -0.3 is 10.2 Å². The number of carbonyl (C=O) groups is 1. The summed E-state index contributed by atoms with van der Waals surface area (Å²) in [7, 11) is 0. The third-order valence-electron chi connectivity index (χ3n) is 5.38. The molecule has 0 aliphatic carbocycles. The van der Waals surface area contributed by atoms with Gasteiger partial charge in [0.2, 0.25) is 5.91 Å². The third kappa shape index (κ3) is 3.74. The van der Waals surface area contributed by atoms with E-state index in [0.717, 1.165) is 30.6 Å². The molecule has 0 saturated carbocycles. The molecule has 4 heteroatoms. The third-order valence-corrected chi connectivity index (χ3v) is 5.38. The van der Waals surface area contributed by atoms with Gasteiger partial charge in [-0.3, -0.25) is 9.78 Å². The molecule has 138 valence electrons. The molecule has 2 heterocycles. The van der Waals surface area contributed by atoms with E-state index in [9.17, 15) is 4.79 Å². The SMILES string of the molecule is CC(C)(C)c1ccc(CNC(=O)[C@]2(C)CCCN2c2ccncc2)cc1. The van der Waals surface area contributed by atoms with Crippen molar-refractivity contribution in [1.29, 1.82) is 0 Å². The monoisotopic (exact) mass is 351 g/mol. The fraction of sp³-hybridized carbons (Fsp3) is 0.455. The lowest BCUT2D eigenvalue weighted by Gasteiger charge is -2.35. The van der Waals surface area contributed by atoms with Crippen LogP contribution in [0.15, 0.2) is 48.8 Å². The van der Waals surface area contributed by atoms with E-state index in [0.29, 0.717) is 6.54 Å². The van der Waals surface area contributed by atoms with Crippen LogP contribution in [0.25, 0.3) is 0 Å². The second-order valence-corrected chi connectivity index (χ2v) is 8.36. The van der Waals surface area contributed by atoms with Gasteiger partial charge in [0.25, 0.3) is 0 Å². The van der Waals surface area contributed by atoms with Crippen LogP contribution in [0.2, 0.25) is 0 Å². The maximum Gasteiger partial charge on any atom is 0.245 e. The van der Waals surface area contributed by atoms with Crippen LogP contribution >= 0.6 is 0 Å². The minimum absolute atomic E-state index is 0.0895. The number of anilines is 1. The smallest absolute Gasteiger partial charge is 0.245 e. The second-order valence-electron chi connectivity index (χ2n) is 8.36. The molecule has 0 spiro atoms. The molecule has 1 N–H and O–H groups in total. The van der Waals surface area contributed by atoms with Crippen molar-refractivity contribution in [2.24, 2.45) is 0 Å². The van der Waals surface area contributed by atoms with Gasteiger partial charge in [0.05, 0.1) is 0 Å². The van der Waals surface area contributed by atoms with Crippen LogP contribution in [0.4, 0.5) is 5.69 Å². The van der Waals surface area contributed by atoms with Crippen molar-refractivity contribution in [1.82, 2.24) is 10.3 Å². The Morgan fingerprint density at radius 2 is 1.81 bits per heavy atom. The van der Waals surface area contributed by atoms with Gasteiger partial charge in [0, 0.05) is 31.2 Å². The quantitative estimate of drug-likeness (QED) is 0.904. The van der Waals surface area contributed by atoms with Crippen LogP contribution in [0.1, 0.15) is 51.7 Å². The molecule has 4 nitrogen and oxygen atoms in total. The van der Waals surface area contributed by atoms with Crippen molar-refractivity contribution in [3.8, 4) is 0 Å². The van der Waals surface area contributed by atoms with Gasteiger partial charge in [-0.15, -0.1) is 0 Å². The number of aromatic nitrogens is 1. The van der Waals surface area contributed by atoms with Gasteiger partial charge in [-0.05, 0) is 48.4 Å². The predicted molar refractivity (Wildman–Crippen MR) is 106 cm³/mol.